The van der Waals surface area contributed by atoms with Crippen LogP contribution < -0.4 is 5.73 Å². The van der Waals surface area contributed by atoms with Crippen molar-refractivity contribution in [3.05, 3.63) is 47.0 Å². The Kier molecular flexibility index (Phi) is 3.77. The number of nitrogens with zero attached hydrogens (tertiary/aromatic N) is 3. The molecule has 2 N–H and O–H groups in total. The Morgan fingerprint density at radius 1 is 1.33 bits per heavy atom. The predicted octanol–water partition coefficient (Wildman–Crippen LogP) is 2.06. The number of pyridine rings is 1. The number of hydrogen-bond acceptors (Lipinski definition) is 3. The fraction of sp³-hybridized carbons (Fsp3) is 0.429. The summed E-state index contributed by atoms with van der Waals surface area (Å²) in [6, 6.07) is 4.15. The van der Waals surface area contributed by atoms with Gasteiger partial charge in [0.1, 0.15) is 0 Å². The first-order valence-electron chi connectivity index (χ1n) is 6.23. The molecule has 1 atom stereocenters. The van der Waals surface area contributed by atoms with Gasteiger partial charge in [-0.25, -0.2) is 0 Å². The van der Waals surface area contributed by atoms with Crippen LogP contribution in [0.15, 0.2) is 24.5 Å². The molecule has 0 fully saturated rings. The van der Waals surface area contributed by atoms with Gasteiger partial charge in [0.05, 0.1) is 6.20 Å². The van der Waals surface area contributed by atoms with Crippen molar-refractivity contribution in [3.8, 4) is 0 Å². The molecule has 0 amide bonds. The second kappa shape index (κ2) is 5.31. The first-order chi connectivity index (χ1) is 8.56. The highest BCUT2D eigenvalue weighted by Gasteiger charge is 2.10. The van der Waals surface area contributed by atoms with E-state index in [2.05, 4.69) is 16.1 Å². The number of aryl methyl sites for hydroxylation is 4. The average molecular weight is 244 g/mol. The molecule has 2 heterocycles. The Hall–Kier alpha value is -1.68. The van der Waals surface area contributed by atoms with E-state index in [1.165, 1.54) is 5.56 Å². The first-order valence-corrected chi connectivity index (χ1v) is 6.23. The molecule has 18 heavy (non-hydrogen) atoms. The summed E-state index contributed by atoms with van der Waals surface area (Å²) in [4.78, 5) is 4.46. The SMILES string of the molecule is Cc1ccc(C(N)CCc2cnn(C)c2)c(C)n1. The van der Waals surface area contributed by atoms with Crippen LogP contribution in [0.3, 0.4) is 0 Å². The highest BCUT2D eigenvalue weighted by molar-refractivity contribution is 5.25. The van der Waals surface area contributed by atoms with Crippen LogP contribution in [0.2, 0.25) is 0 Å². The van der Waals surface area contributed by atoms with Crippen molar-refractivity contribution in [2.24, 2.45) is 12.8 Å². The van der Waals surface area contributed by atoms with Crippen molar-refractivity contribution in [3.63, 3.8) is 0 Å². The minimum atomic E-state index is 0.0401. The van der Waals surface area contributed by atoms with Gasteiger partial charge >= 0.3 is 0 Å². The lowest BCUT2D eigenvalue weighted by Gasteiger charge is -2.14. The number of nitrogens with two attached hydrogens (primary N) is 1. The molecule has 0 saturated heterocycles. The van der Waals surface area contributed by atoms with Gasteiger partial charge in [-0.1, -0.05) is 6.07 Å². The minimum absolute atomic E-state index is 0.0401. The zero-order chi connectivity index (χ0) is 13.1. The third-order valence-electron chi connectivity index (χ3n) is 3.17. The van der Waals surface area contributed by atoms with Crippen LogP contribution in [0.5, 0.6) is 0 Å². The van der Waals surface area contributed by atoms with E-state index in [-0.39, 0.29) is 6.04 Å². The van der Waals surface area contributed by atoms with Gasteiger partial charge in [0, 0.05) is 30.7 Å². The normalized spacial score (nSPS) is 12.7. The van der Waals surface area contributed by atoms with Gasteiger partial charge in [-0.05, 0) is 43.9 Å². The topological polar surface area (TPSA) is 56.7 Å². The number of aromatic nitrogens is 3. The van der Waals surface area contributed by atoms with Crippen molar-refractivity contribution in [1.29, 1.82) is 0 Å². The third-order valence-corrected chi connectivity index (χ3v) is 3.17. The Morgan fingerprint density at radius 3 is 2.72 bits per heavy atom. The van der Waals surface area contributed by atoms with Crippen LogP contribution in [0.4, 0.5) is 0 Å². The van der Waals surface area contributed by atoms with Gasteiger partial charge in [-0.3, -0.25) is 9.67 Å². The summed E-state index contributed by atoms with van der Waals surface area (Å²) < 4.78 is 1.82. The van der Waals surface area contributed by atoms with Crippen molar-refractivity contribution in [2.75, 3.05) is 0 Å². The van der Waals surface area contributed by atoms with Crippen LogP contribution in [0, 0.1) is 13.8 Å². The largest absolute Gasteiger partial charge is 0.324 e. The highest BCUT2D eigenvalue weighted by atomic mass is 15.2. The first kappa shape index (κ1) is 12.8. The molecule has 96 valence electrons. The quantitative estimate of drug-likeness (QED) is 0.895. The maximum absolute atomic E-state index is 6.23. The highest BCUT2D eigenvalue weighted by Crippen LogP contribution is 2.19. The molecule has 0 aromatic carbocycles. The van der Waals surface area contributed by atoms with Crippen molar-refractivity contribution in [2.45, 2.75) is 32.7 Å². The summed E-state index contributed by atoms with van der Waals surface area (Å²) in [6.45, 7) is 4.02. The van der Waals surface area contributed by atoms with Gasteiger partial charge in [0.15, 0.2) is 0 Å². The van der Waals surface area contributed by atoms with Crippen molar-refractivity contribution in [1.82, 2.24) is 14.8 Å². The number of hydrogen-bond donors (Lipinski definition) is 1. The minimum Gasteiger partial charge on any atom is -0.324 e. The summed E-state index contributed by atoms with van der Waals surface area (Å²) in [5, 5.41) is 4.16. The molecule has 1 unspecified atom stereocenters. The zero-order valence-corrected chi connectivity index (χ0v) is 11.2. The van der Waals surface area contributed by atoms with Crippen LogP contribution in [0.25, 0.3) is 0 Å². The summed E-state index contributed by atoms with van der Waals surface area (Å²) in [5.74, 6) is 0. The smallest absolute Gasteiger partial charge is 0.0521 e. The molecule has 0 bridgehead atoms. The van der Waals surface area contributed by atoms with Crippen LogP contribution in [0.1, 0.15) is 35.0 Å². The van der Waals surface area contributed by atoms with E-state index >= 15 is 0 Å². The van der Waals surface area contributed by atoms with E-state index in [1.807, 2.05) is 44.0 Å². The van der Waals surface area contributed by atoms with Gasteiger partial charge in [0.2, 0.25) is 0 Å². The Balaban J connectivity index is 2.01. The predicted molar refractivity (Wildman–Crippen MR) is 72.2 cm³/mol. The average Bonchev–Trinajstić information content (AvgIpc) is 2.72. The van der Waals surface area contributed by atoms with Gasteiger partial charge in [-0.2, -0.15) is 5.10 Å². The van der Waals surface area contributed by atoms with E-state index in [0.717, 1.165) is 29.8 Å². The Bertz CT molecular complexity index is 530. The molecule has 0 aliphatic heterocycles. The van der Waals surface area contributed by atoms with Crippen LogP contribution in [-0.2, 0) is 13.5 Å². The molecule has 2 aromatic heterocycles. The number of rotatable bonds is 4. The zero-order valence-electron chi connectivity index (χ0n) is 11.2. The molecular weight excluding hydrogens is 224 g/mol. The van der Waals surface area contributed by atoms with E-state index in [4.69, 9.17) is 5.73 Å². The van der Waals surface area contributed by atoms with Gasteiger partial charge < -0.3 is 5.73 Å². The fourth-order valence-corrected chi connectivity index (χ4v) is 2.17. The molecule has 4 nitrogen and oxygen atoms in total. The molecule has 0 aliphatic carbocycles. The molecule has 2 aromatic rings. The lowest BCUT2D eigenvalue weighted by molar-refractivity contribution is 0.643. The van der Waals surface area contributed by atoms with Crippen molar-refractivity contribution >= 4 is 0 Å². The molecule has 0 spiro atoms. The Labute approximate surface area is 108 Å². The van der Waals surface area contributed by atoms with E-state index in [9.17, 15) is 0 Å². The molecular formula is C14H20N4. The molecule has 4 heteroatoms. The summed E-state index contributed by atoms with van der Waals surface area (Å²) in [5.41, 5.74) is 10.7. The van der Waals surface area contributed by atoms with E-state index in [1.54, 1.807) is 0 Å². The lowest BCUT2D eigenvalue weighted by atomic mass is 10.00. The summed E-state index contributed by atoms with van der Waals surface area (Å²) >= 11 is 0. The molecule has 0 saturated carbocycles. The Morgan fingerprint density at radius 2 is 2.11 bits per heavy atom. The molecule has 2 rings (SSSR count). The monoisotopic (exact) mass is 244 g/mol. The third kappa shape index (κ3) is 2.96. The maximum Gasteiger partial charge on any atom is 0.0521 e. The summed E-state index contributed by atoms with van der Waals surface area (Å²) in [6.07, 6.45) is 5.79. The van der Waals surface area contributed by atoms with Crippen LogP contribution in [-0.4, -0.2) is 14.8 Å². The van der Waals surface area contributed by atoms with E-state index in [0.29, 0.717) is 0 Å². The fourth-order valence-electron chi connectivity index (χ4n) is 2.17. The van der Waals surface area contributed by atoms with Crippen molar-refractivity contribution < 1.29 is 0 Å². The van der Waals surface area contributed by atoms with E-state index < -0.39 is 0 Å². The van der Waals surface area contributed by atoms with Crippen LogP contribution >= 0.6 is 0 Å². The lowest BCUT2D eigenvalue weighted by Crippen LogP contribution is -2.13. The van der Waals surface area contributed by atoms with Gasteiger partial charge in [0.25, 0.3) is 0 Å². The summed E-state index contributed by atoms with van der Waals surface area (Å²) in [7, 11) is 1.93. The second-order valence-corrected chi connectivity index (χ2v) is 4.79. The second-order valence-electron chi connectivity index (χ2n) is 4.79. The standard InChI is InChI=1S/C14H20N4/c1-10-4-6-13(11(2)17-10)14(15)7-5-12-8-16-18(3)9-12/h4,6,8-9,14H,5,7,15H2,1-3H3. The molecule has 0 radical (unpaired) electrons. The van der Waals surface area contributed by atoms with Gasteiger partial charge in [-0.15, -0.1) is 0 Å². The molecule has 0 aliphatic rings. The maximum atomic E-state index is 6.23.